The number of nitrogen functional groups attached to an aromatic ring is 1. The average molecular weight is 245 g/mol. The largest absolute Gasteiger partial charge is 0.477 e. The maximum Gasteiger partial charge on any atom is 0.218 e. The van der Waals surface area contributed by atoms with Gasteiger partial charge in [0.25, 0.3) is 0 Å². The zero-order chi connectivity index (χ0) is 12.8. The minimum atomic E-state index is 0.506. The lowest BCUT2D eigenvalue weighted by Crippen LogP contribution is -2.11. The number of hydrogen-bond acceptors (Lipinski definition) is 6. The fourth-order valence-electron chi connectivity index (χ4n) is 1.49. The second-order valence-corrected chi connectivity index (χ2v) is 3.70. The predicted octanol–water partition coefficient (Wildman–Crippen LogP) is 1.09. The molecule has 0 spiro atoms. The highest BCUT2D eigenvalue weighted by molar-refractivity contribution is 5.36. The van der Waals surface area contributed by atoms with Gasteiger partial charge < -0.3 is 10.2 Å². The lowest BCUT2D eigenvalue weighted by molar-refractivity contribution is 0.307. The van der Waals surface area contributed by atoms with Crippen LogP contribution in [0.15, 0.2) is 30.5 Å². The van der Waals surface area contributed by atoms with Gasteiger partial charge in [0.15, 0.2) is 0 Å². The molecule has 0 aromatic carbocycles. The van der Waals surface area contributed by atoms with Crippen LogP contribution in [0.2, 0.25) is 0 Å². The van der Waals surface area contributed by atoms with Crippen LogP contribution in [0.4, 0.5) is 5.82 Å². The Labute approximate surface area is 105 Å². The van der Waals surface area contributed by atoms with Crippen LogP contribution in [0, 0.1) is 6.92 Å². The molecule has 18 heavy (non-hydrogen) atoms. The molecule has 2 heterocycles. The molecule has 0 saturated heterocycles. The molecule has 2 aromatic heterocycles. The summed E-state index contributed by atoms with van der Waals surface area (Å²) < 4.78 is 5.55. The Kier molecular flexibility index (Phi) is 4.03. The normalized spacial score (nSPS) is 10.1. The number of aryl methyl sites for hydroxylation is 1. The van der Waals surface area contributed by atoms with Crippen molar-refractivity contribution in [2.75, 3.05) is 12.0 Å². The molecule has 0 aliphatic rings. The molecule has 0 radical (unpaired) electrons. The maximum absolute atomic E-state index is 5.55. The highest BCUT2D eigenvalue weighted by Gasteiger charge is 2.02. The van der Waals surface area contributed by atoms with Gasteiger partial charge in [-0.2, -0.15) is 4.98 Å². The highest BCUT2D eigenvalue weighted by Crippen LogP contribution is 2.12. The summed E-state index contributed by atoms with van der Waals surface area (Å²) in [5.74, 6) is 6.95. The Morgan fingerprint density at radius 1 is 1.33 bits per heavy atom. The summed E-state index contributed by atoms with van der Waals surface area (Å²) in [4.78, 5) is 12.5. The van der Waals surface area contributed by atoms with E-state index >= 15 is 0 Å². The fourth-order valence-corrected chi connectivity index (χ4v) is 1.49. The van der Waals surface area contributed by atoms with Crippen molar-refractivity contribution in [3.8, 4) is 5.88 Å². The third-order valence-electron chi connectivity index (χ3n) is 2.30. The minimum Gasteiger partial charge on any atom is -0.477 e. The second kappa shape index (κ2) is 5.92. The summed E-state index contributed by atoms with van der Waals surface area (Å²) in [7, 11) is 0. The first-order valence-corrected chi connectivity index (χ1v) is 5.63. The molecule has 0 unspecified atom stereocenters. The van der Waals surface area contributed by atoms with Gasteiger partial charge in [-0.05, 0) is 19.1 Å². The van der Waals surface area contributed by atoms with Crippen LogP contribution >= 0.6 is 0 Å². The van der Waals surface area contributed by atoms with Crippen LogP contribution < -0.4 is 16.0 Å². The predicted molar refractivity (Wildman–Crippen MR) is 68.0 cm³/mol. The summed E-state index contributed by atoms with van der Waals surface area (Å²) in [5, 5.41) is 0. The van der Waals surface area contributed by atoms with E-state index < -0.39 is 0 Å². The Morgan fingerprint density at radius 3 is 2.94 bits per heavy atom. The zero-order valence-electron chi connectivity index (χ0n) is 10.1. The van der Waals surface area contributed by atoms with Crippen LogP contribution in [0.1, 0.15) is 11.5 Å². The number of pyridine rings is 1. The lowest BCUT2D eigenvalue weighted by atomic mass is 10.3. The molecule has 2 aromatic rings. The van der Waals surface area contributed by atoms with Gasteiger partial charge >= 0.3 is 0 Å². The van der Waals surface area contributed by atoms with E-state index in [9.17, 15) is 0 Å². The summed E-state index contributed by atoms with van der Waals surface area (Å²) in [6.07, 6.45) is 2.50. The number of aromatic nitrogens is 3. The molecular weight excluding hydrogens is 230 g/mol. The van der Waals surface area contributed by atoms with Gasteiger partial charge in [-0.15, -0.1) is 0 Å². The van der Waals surface area contributed by atoms with Gasteiger partial charge in [-0.3, -0.25) is 4.98 Å². The molecule has 3 N–H and O–H groups in total. The van der Waals surface area contributed by atoms with Crippen molar-refractivity contribution in [2.24, 2.45) is 5.84 Å². The molecule has 0 amide bonds. The minimum absolute atomic E-state index is 0.506. The Balaban J connectivity index is 1.92. The summed E-state index contributed by atoms with van der Waals surface area (Å²) in [5.41, 5.74) is 3.46. The highest BCUT2D eigenvalue weighted by atomic mass is 16.5. The molecule has 0 aliphatic heterocycles. The van der Waals surface area contributed by atoms with Crippen molar-refractivity contribution >= 4 is 5.82 Å². The van der Waals surface area contributed by atoms with Crippen molar-refractivity contribution in [1.82, 2.24) is 15.0 Å². The topological polar surface area (TPSA) is 86.0 Å². The van der Waals surface area contributed by atoms with E-state index in [-0.39, 0.29) is 0 Å². The van der Waals surface area contributed by atoms with E-state index in [4.69, 9.17) is 10.6 Å². The van der Waals surface area contributed by atoms with Crippen molar-refractivity contribution in [3.05, 3.63) is 42.0 Å². The van der Waals surface area contributed by atoms with Crippen LogP contribution in [0.3, 0.4) is 0 Å². The van der Waals surface area contributed by atoms with E-state index in [2.05, 4.69) is 20.4 Å². The van der Waals surface area contributed by atoms with Crippen LogP contribution in [-0.2, 0) is 6.42 Å². The summed E-state index contributed by atoms with van der Waals surface area (Å²) in [6.45, 7) is 2.30. The molecule has 2 rings (SSSR count). The molecule has 0 saturated carbocycles. The quantitative estimate of drug-likeness (QED) is 0.605. The van der Waals surface area contributed by atoms with Gasteiger partial charge in [0, 0.05) is 24.4 Å². The Bertz CT molecular complexity index is 503. The molecule has 0 aliphatic carbocycles. The molecule has 6 nitrogen and oxygen atoms in total. The standard InChI is InChI=1S/C12H15N5O/c1-9-15-11(17-13)8-12(16-9)18-7-5-10-4-2-3-6-14-10/h2-4,6,8H,5,7,13H2,1H3,(H,15,16,17). The molecule has 94 valence electrons. The van der Waals surface area contributed by atoms with Gasteiger partial charge in [0.05, 0.1) is 6.61 Å². The summed E-state index contributed by atoms with van der Waals surface area (Å²) in [6, 6.07) is 7.46. The SMILES string of the molecule is Cc1nc(NN)cc(OCCc2ccccn2)n1. The van der Waals surface area contributed by atoms with E-state index in [0.717, 1.165) is 12.1 Å². The van der Waals surface area contributed by atoms with Crippen molar-refractivity contribution < 1.29 is 4.74 Å². The monoisotopic (exact) mass is 245 g/mol. The first-order chi connectivity index (χ1) is 8.78. The van der Waals surface area contributed by atoms with E-state index in [1.807, 2.05) is 18.2 Å². The second-order valence-electron chi connectivity index (χ2n) is 3.70. The first-order valence-electron chi connectivity index (χ1n) is 5.63. The van der Waals surface area contributed by atoms with Crippen LogP contribution in [0.25, 0.3) is 0 Å². The smallest absolute Gasteiger partial charge is 0.218 e. The Hall–Kier alpha value is -2.21. The average Bonchev–Trinajstić information content (AvgIpc) is 2.39. The molecule has 6 heteroatoms. The number of anilines is 1. The first kappa shape index (κ1) is 12.3. The third-order valence-corrected chi connectivity index (χ3v) is 2.30. The molecule has 0 atom stereocenters. The molecular formula is C12H15N5O. The van der Waals surface area contributed by atoms with Crippen LogP contribution in [-0.4, -0.2) is 21.6 Å². The summed E-state index contributed by atoms with van der Waals surface area (Å²) >= 11 is 0. The van der Waals surface area contributed by atoms with Crippen molar-refractivity contribution in [3.63, 3.8) is 0 Å². The van der Waals surface area contributed by atoms with E-state index in [1.54, 1.807) is 19.2 Å². The number of nitrogens with two attached hydrogens (primary N) is 1. The van der Waals surface area contributed by atoms with Crippen LogP contribution in [0.5, 0.6) is 5.88 Å². The van der Waals surface area contributed by atoms with E-state index in [0.29, 0.717) is 24.1 Å². The number of hydrazine groups is 1. The number of hydrogen-bond donors (Lipinski definition) is 2. The molecule has 0 fully saturated rings. The zero-order valence-corrected chi connectivity index (χ0v) is 10.1. The van der Waals surface area contributed by atoms with Gasteiger partial charge in [0.2, 0.25) is 5.88 Å². The van der Waals surface area contributed by atoms with Gasteiger partial charge in [0.1, 0.15) is 11.6 Å². The number of rotatable bonds is 5. The number of ether oxygens (including phenoxy) is 1. The maximum atomic E-state index is 5.55. The Morgan fingerprint density at radius 2 is 2.22 bits per heavy atom. The van der Waals surface area contributed by atoms with Gasteiger partial charge in [-0.25, -0.2) is 10.8 Å². The lowest BCUT2D eigenvalue weighted by Gasteiger charge is -2.07. The molecule has 0 bridgehead atoms. The van der Waals surface area contributed by atoms with E-state index in [1.165, 1.54) is 0 Å². The third kappa shape index (κ3) is 3.39. The fraction of sp³-hybridized carbons (Fsp3) is 0.250. The van der Waals surface area contributed by atoms with Crippen molar-refractivity contribution in [1.29, 1.82) is 0 Å². The van der Waals surface area contributed by atoms with Gasteiger partial charge in [-0.1, -0.05) is 6.07 Å². The number of nitrogens with one attached hydrogen (secondary N) is 1. The number of nitrogens with zero attached hydrogens (tertiary/aromatic N) is 3. The van der Waals surface area contributed by atoms with Crippen molar-refractivity contribution in [2.45, 2.75) is 13.3 Å².